The van der Waals surface area contributed by atoms with Crippen molar-refractivity contribution in [2.45, 2.75) is 38.1 Å². The zero-order chi connectivity index (χ0) is 28.8. The summed E-state index contributed by atoms with van der Waals surface area (Å²) in [5.74, 6) is 3.25. The Balaban J connectivity index is 1.63. The molecule has 1 aliphatic rings. The van der Waals surface area contributed by atoms with Crippen molar-refractivity contribution in [1.82, 2.24) is 9.97 Å². The van der Waals surface area contributed by atoms with Crippen LogP contribution in [0.4, 0.5) is 17.5 Å². The average Bonchev–Trinajstić information content (AvgIpc) is 3.04. The van der Waals surface area contributed by atoms with Gasteiger partial charge in [-0.15, -0.1) is 0 Å². The summed E-state index contributed by atoms with van der Waals surface area (Å²) in [6, 6.07) is 19.4. The second-order valence-corrected chi connectivity index (χ2v) is 10.1. The maximum absolute atomic E-state index is 12.2. The van der Waals surface area contributed by atoms with Gasteiger partial charge in [0.15, 0.2) is 6.29 Å². The van der Waals surface area contributed by atoms with Gasteiger partial charge in [-0.1, -0.05) is 49.6 Å². The van der Waals surface area contributed by atoms with E-state index < -0.39 is 0 Å². The molecule has 0 spiro atoms. The Kier molecular flexibility index (Phi) is 8.67. The molecule has 8 nitrogen and oxygen atoms in total. The predicted octanol–water partition coefficient (Wildman–Crippen LogP) is 7.16. The Morgan fingerprint density at radius 2 is 1.54 bits per heavy atom. The van der Waals surface area contributed by atoms with Crippen molar-refractivity contribution in [3.05, 3.63) is 72.4 Å². The number of aldehydes is 1. The molecule has 0 aliphatic heterocycles. The lowest BCUT2D eigenvalue weighted by Gasteiger charge is -2.31. The molecule has 212 valence electrons. The molecule has 1 fully saturated rings. The van der Waals surface area contributed by atoms with Crippen LogP contribution in [0, 0.1) is 0 Å². The third-order valence-electron chi connectivity index (χ3n) is 7.76. The van der Waals surface area contributed by atoms with E-state index in [1.807, 2.05) is 60.8 Å². The maximum atomic E-state index is 12.2. The van der Waals surface area contributed by atoms with Gasteiger partial charge in [-0.2, -0.15) is 4.98 Å². The normalized spacial score (nSPS) is 13.4. The SMILES string of the molecule is COc1ccccc1-c1cnc(N(C)C2CCCCC2)nc1Nc1cc(-c2c(OC)cccc2OC)ccc1C=O. The van der Waals surface area contributed by atoms with E-state index in [0.717, 1.165) is 41.4 Å². The zero-order valence-electron chi connectivity index (χ0n) is 24.0. The molecule has 41 heavy (non-hydrogen) atoms. The molecule has 1 N–H and O–H groups in total. The quantitative estimate of drug-likeness (QED) is 0.207. The molecule has 0 bridgehead atoms. The Morgan fingerprint density at radius 3 is 2.22 bits per heavy atom. The summed E-state index contributed by atoms with van der Waals surface area (Å²) < 4.78 is 17.0. The summed E-state index contributed by atoms with van der Waals surface area (Å²) in [5.41, 5.74) is 4.34. The van der Waals surface area contributed by atoms with E-state index >= 15 is 0 Å². The molecule has 3 aromatic carbocycles. The highest BCUT2D eigenvalue weighted by molar-refractivity contribution is 5.92. The van der Waals surface area contributed by atoms with E-state index in [-0.39, 0.29) is 0 Å². The molecule has 0 atom stereocenters. The molecule has 0 saturated heterocycles. The van der Waals surface area contributed by atoms with Crippen LogP contribution in [0.2, 0.25) is 0 Å². The first kappa shape index (κ1) is 28.0. The van der Waals surface area contributed by atoms with Crippen LogP contribution in [0.15, 0.2) is 66.9 Å². The Labute approximate surface area is 241 Å². The topological polar surface area (TPSA) is 85.8 Å². The van der Waals surface area contributed by atoms with E-state index in [9.17, 15) is 4.79 Å². The van der Waals surface area contributed by atoms with Crippen molar-refractivity contribution in [3.8, 4) is 39.5 Å². The van der Waals surface area contributed by atoms with Crippen molar-refractivity contribution in [2.24, 2.45) is 0 Å². The molecule has 1 aliphatic carbocycles. The number of hydrogen-bond donors (Lipinski definition) is 1. The summed E-state index contributed by atoms with van der Waals surface area (Å²) in [4.78, 5) is 24.2. The first-order valence-corrected chi connectivity index (χ1v) is 13.9. The van der Waals surface area contributed by atoms with Gasteiger partial charge in [0.25, 0.3) is 0 Å². The molecule has 4 aromatic rings. The molecular formula is C33H36N4O4. The number of nitrogens with one attached hydrogen (secondary N) is 1. The van der Waals surface area contributed by atoms with Crippen LogP contribution < -0.4 is 24.4 Å². The average molecular weight is 553 g/mol. The van der Waals surface area contributed by atoms with Crippen LogP contribution in [-0.4, -0.2) is 50.7 Å². The van der Waals surface area contributed by atoms with Crippen molar-refractivity contribution >= 4 is 23.7 Å². The molecule has 0 unspecified atom stereocenters. The molecule has 1 heterocycles. The predicted molar refractivity (Wildman–Crippen MR) is 163 cm³/mol. The fourth-order valence-corrected chi connectivity index (χ4v) is 5.52. The minimum Gasteiger partial charge on any atom is -0.496 e. The van der Waals surface area contributed by atoms with Gasteiger partial charge in [0, 0.05) is 36.0 Å². The molecule has 1 saturated carbocycles. The molecule has 0 radical (unpaired) electrons. The number of nitrogens with zero attached hydrogens (tertiary/aromatic N) is 3. The van der Waals surface area contributed by atoms with Crippen LogP contribution in [0.5, 0.6) is 17.2 Å². The number of rotatable bonds is 10. The minimum absolute atomic E-state index is 0.389. The number of methoxy groups -OCH3 is 3. The number of carbonyl (C=O) groups is 1. The standard InChI is InChI=1S/C33H36N4O4/c1-37(24-11-6-5-7-12-24)33-34-20-26(25-13-8-9-14-28(25)39-2)32(36-33)35-27-19-22(17-18-23(27)21-38)31-29(40-3)15-10-16-30(31)41-4/h8-10,13-21,24H,5-7,11-12H2,1-4H3,(H,34,35,36). The zero-order valence-corrected chi connectivity index (χ0v) is 24.0. The number of aromatic nitrogens is 2. The van der Waals surface area contributed by atoms with Crippen molar-refractivity contribution in [2.75, 3.05) is 38.6 Å². The van der Waals surface area contributed by atoms with Gasteiger partial charge in [0.1, 0.15) is 23.1 Å². The van der Waals surface area contributed by atoms with Crippen molar-refractivity contribution < 1.29 is 19.0 Å². The summed E-state index contributed by atoms with van der Waals surface area (Å²) in [7, 11) is 6.96. The highest BCUT2D eigenvalue weighted by Crippen LogP contribution is 2.41. The van der Waals surface area contributed by atoms with Gasteiger partial charge < -0.3 is 24.4 Å². The van der Waals surface area contributed by atoms with Crippen molar-refractivity contribution in [3.63, 3.8) is 0 Å². The Bertz CT molecular complexity index is 1500. The van der Waals surface area contributed by atoms with Gasteiger partial charge in [-0.05, 0) is 48.7 Å². The number of anilines is 3. The summed E-state index contributed by atoms with van der Waals surface area (Å²) in [6.07, 6.45) is 8.60. The second-order valence-electron chi connectivity index (χ2n) is 10.1. The summed E-state index contributed by atoms with van der Waals surface area (Å²) in [5, 5.41) is 3.48. The number of para-hydroxylation sites is 1. The minimum atomic E-state index is 0.389. The third-order valence-corrected chi connectivity index (χ3v) is 7.76. The smallest absolute Gasteiger partial charge is 0.227 e. The first-order valence-electron chi connectivity index (χ1n) is 13.9. The third kappa shape index (κ3) is 5.82. The maximum Gasteiger partial charge on any atom is 0.227 e. The van der Waals surface area contributed by atoms with Gasteiger partial charge in [0.2, 0.25) is 5.95 Å². The van der Waals surface area contributed by atoms with Crippen LogP contribution in [0.1, 0.15) is 42.5 Å². The first-order chi connectivity index (χ1) is 20.1. The van der Waals surface area contributed by atoms with E-state index in [1.54, 1.807) is 27.4 Å². The molecule has 1 aromatic heterocycles. The second kappa shape index (κ2) is 12.7. The van der Waals surface area contributed by atoms with E-state index in [2.05, 4.69) is 17.3 Å². The van der Waals surface area contributed by atoms with E-state index in [4.69, 9.17) is 24.2 Å². The highest BCUT2D eigenvalue weighted by atomic mass is 16.5. The van der Waals surface area contributed by atoms with E-state index in [1.165, 1.54) is 19.3 Å². The van der Waals surface area contributed by atoms with Crippen LogP contribution in [0.25, 0.3) is 22.3 Å². The van der Waals surface area contributed by atoms with Crippen LogP contribution in [0.3, 0.4) is 0 Å². The lowest BCUT2D eigenvalue weighted by molar-refractivity contribution is 0.112. The highest BCUT2D eigenvalue weighted by Gasteiger charge is 2.23. The van der Waals surface area contributed by atoms with Gasteiger partial charge >= 0.3 is 0 Å². The fraction of sp³-hybridized carbons (Fsp3) is 0.303. The summed E-state index contributed by atoms with van der Waals surface area (Å²) in [6.45, 7) is 0. The number of carbonyl (C=O) groups excluding carboxylic acids is 1. The van der Waals surface area contributed by atoms with Gasteiger partial charge in [-0.25, -0.2) is 4.98 Å². The molecule has 0 amide bonds. The van der Waals surface area contributed by atoms with Crippen LogP contribution >= 0.6 is 0 Å². The number of ether oxygens (including phenoxy) is 3. The van der Waals surface area contributed by atoms with Gasteiger partial charge in [-0.3, -0.25) is 4.79 Å². The van der Waals surface area contributed by atoms with Crippen molar-refractivity contribution in [1.29, 1.82) is 0 Å². The van der Waals surface area contributed by atoms with Crippen LogP contribution in [-0.2, 0) is 0 Å². The Hall–Kier alpha value is -4.59. The number of benzene rings is 3. The van der Waals surface area contributed by atoms with Gasteiger partial charge in [0.05, 0.1) is 32.6 Å². The summed E-state index contributed by atoms with van der Waals surface area (Å²) >= 11 is 0. The fourth-order valence-electron chi connectivity index (χ4n) is 5.52. The lowest BCUT2D eigenvalue weighted by Crippen LogP contribution is -2.34. The molecular weight excluding hydrogens is 516 g/mol. The monoisotopic (exact) mass is 552 g/mol. The molecule has 5 rings (SSSR count). The van der Waals surface area contributed by atoms with E-state index in [0.29, 0.717) is 46.3 Å². The number of hydrogen-bond acceptors (Lipinski definition) is 8. The Morgan fingerprint density at radius 1 is 0.854 bits per heavy atom. The lowest BCUT2D eigenvalue weighted by atomic mass is 9.95. The molecule has 8 heteroatoms. The largest absolute Gasteiger partial charge is 0.496 e.